The Kier molecular flexibility index (Phi) is 3.73. The van der Waals surface area contributed by atoms with Crippen LogP contribution in [0.2, 0.25) is 0 Å². The van der Waals surface area contributed by atoms with Gasteiger partial charge < -0.3 is 0 Å². The number of hydrogen-bond donors (Lipinski definition) is 0. The van der Waals surface area contributed by atoms with Crippen LogP contribution >= 0.6 is 8.07 Å². The molecule has 2 atom stereocenters. The highest BCUT2D eigenvalue weighted by atomic mass is 31.1. The number of carbonyl (C=O) groups excluding carboxylic acids is 1. The van der Waals surface area contributed by atoms with Gasteiger partial charge in [-0.05, 0) is 16.7 Å². The van der Waals surface area contributed by atoms with Crippen molar-refractivity contribution in [3.05, 3.63) is 108 Å². The van der Waals surface area contributed by atoms with E-state index in [2.05, 4.69) is 60.7 Å². The molecule has 2 heterocycles. The first-order chi connectivity index (χ1) is 13.2. The summed E-state index contributed by atoms with van der Waals surface area (Å²) in [4.78, 5) is 12.4. The molecule has 1 fully saturated rings. The van der Waals surface area contributed by atoms with E-state index in [1.165, 1.54) is 11.1 Å². The monoisotopic (exact) mass is 370 g/mol. The Labute approximate surface area is 160 Å². The zero-order valence-corrected chi connectivity index (χ0v) is 15.9. The van der Waals surface area contributed by atoms with Crippen LogP contribution in [0.25, 0.3) is 0 Å². The molecule has 3 nitrogen and oxygen atoms in total. The van der Waals surface area contributed by atoms with E-state index in [9.17, 15) is 4.79 Å². The summed E-state index contributed by atoms with van der Waals surface area (Å²) < 4.78 is 1.77. The predicted octanol–water partition coefficient (Wildman–Crippen LogP) is 4.98. The van der Waals surface area contributed by atoms with Crippen LogP contribution in [0, 0.1) is 0 Å². The summed E-state index contributed by atoms with van der Waals surface area (Å²) in [6.45, 7) is 1.62. The average Bonchev–Trinajstić information content (AvgIpc) is 3.24. The highest BCUT2D eigenvalue weighted by Crippen LogP contribution is 2.87. The maximum Gasteiger partial charge on any atom is 0.242 e. The van der Waals surface area contributed by atoms with E-state index in [0.717, 1.165) is 11.3 Å². The maximum atomic E-state index is 12.4. The predicted molar refractivity (Wildman–Crippen MR) is 110 cm³/mol. The SMILES string of the molecule is CC(=O)N1N=C(c2ccccc2)C2P1C2(c1ccccc1)c1ccccc1. The van der Waals surface area contributed by atoms with Crippen molar-refractivity contribution in [1.82, 2.24) is 4.78 Å². The van der Waals surface area contributed by atoms with Crippen molar-refractivity contribution in [2.75, 3.05) is 0 Å². The number of amides is 1. The van der Waals surface area contributed by atoms with Gasteiger partial charge in [0, 0.05) is 15.0 Å². The minimum Gasteiger partial charge on any atom is -0.273 e. The van der Waals surface area contributed by atoms with Crippen LogP contribution < -0.4 is 0 Å². The standard InChI is InChI=1S/C23H19N2OP/c1-17(26)25-24-21(18-11-5-2-6-12-18)22-23(27(22)25,19-13-7-3-8-14-19)20-15-9-4-10-16-20/h2-16,22H,1H3. The number of hydrogen-bond acceptors (Lipinski definition) is 2. The third kappa shape index (κ3) is 2.32. The molecule has 0 aliphatic carbocycles. The quantitative estimate of drug-likeness (QED) is 0.599. The molecule has 0 saturated carbocycles. The van der Waals surface area contributed by atoms with Crippen molar-refractivity contribution < 1.29 is 4.79 Å². The molecule has 3 aromatic carbocycles. The van der Waals surface area contributed by atoms with Crippen molar-refractivity contribution in [1.29, 1.82) is 0 Å². The van der Waals surface area contributed by atoms with E-state index in [0.29, 0.717) is 0 Å². The van der Waals surface area contributed by atoms with Gasteiger partial charge in [0.25, 0.3) is 0 Å². The topological polar surface area (TPSA) is 32.7 Å². The molecule has 5 rings (SSSR count). The Bertz CT molecular complexity index is 979. The minimum absolute atomic E-state index is 0.0192. The van der Waals surface area contributed by atoms with E-state index < -0.39 is 8.07 Å². The number of rotatable bonds is 3. The molecule has 132 valence electrons. The number of nitrogens with zero attached hydrogens (tertiary/aromatic N) is 2. The summed E-state index contributed by atoms with van der Waals surface area (Å²) in [5.41, 5.74) is 4.89. The van der Waals surface area contributed by atoms with Gasteiger partial charge in [0.15, 0.2) is 0 Å². The second-order valence-corrected chi connectivity index (χ2v) is 9.20. The summed E-state index contributed by atoms with van der Waals surface area (Å²) in [5, 5.41) is 4.58. The molecule has 0 radical (unpaired) electrons. The van der Waals surface area contributed by atoms with Crippen molar-refractivity contribution in [3.8, 4) is 0 Å². The van der Waals surface area contributed by atoms with E-state index in [1.807, 2.05) is 30.3 Å². The van der Waals surface area contributed by atoms with E-state index in [-0.39, 0.29) is 16.7 Å². The zero-order chi connectivity index (χ0) is 18.4. The summed E-state index contributed by atoms with van der Waals surface area (Å²) in [7, 11) is -0.784. The van der Waals surface area contributed by atoms with Gasteiger partial charge in [0.05, 0.1) is 16.5 Å². The molecule has 3 aromatic rings. The Morgan fingerprint density at radius 1 is 0.852 bits per heavy atom. The fourth-order valence-corrected chi connectivity index (χ4v) is 7.64. The molecule has 2 aliphatic rings. The number of carbonyl (C=O) groups is 1. The summed E-state index contributed by atoms with van der Waals surface area (Å²) in [6.07, 6.45) is 0. The fourth-order valence-electron chi connectivity index (χ4n) is 4.23. The molecule has 4 heteroatoms. The molecule has 1 saturated heterocycles. The van der Waals surface area contributed by atoms with Gasteiger partial charge in [-0.3, -0.25) is 4.79 Å². The van der Waals surface area contributed by atoms with Gasteiger partial charge in [0.1, 0.15) is 0 Å². The Morgan fingerprint density at radius 2 is 1.33 bits per heavy atom. The third-order valence-corrected chi connectivity index (χ3v) is 8.50. The van der Waals surface area contributed by atoms with Crippen molar-refractivity contribution in [2.45, 2.75) is 17.7 Å². The van der Waals surface area contributed by atoms with Crippen LogP contribution in [-0.2, 0) is 9.95 Å². The molecule has 0 N–H and O–H groups in total. The van der Waals surface area contributed by atoms with Crippen LogP contribution in [-0.4, -0.2) is 22.1 Å². The number of fused-ring (bicyclic) bond motifs is 1. The van der Waals surface area contributed by atoms with E-state index in [1.54, 1.807) is 11.7 Å². The van der Waals surface area contributed by atoms with Crippen LogP contribution in [0.3, 0.4) is 0 Å². The van der Waals surface area contributed by atoms with Crippen molar-refractivity contribution in [2.24, 2.45) is 5.10 Å². The molecule has 0 spiro atoms. The zero-order valence-electron chi connectivity index (χ0n) is 15.0. The Hall–Kier alpha value is -2.77. The van der Waals surface area contributed by atoms with E-state index in [4.69, 9.17) is 5.10 Å². The molecule has 0 bridgehead atoms. The van der Waals surface area contributed by atoms with Gasteiger partial charge in [-0.1, -0.05) is 91.0 Å². The number of benzene rings is 3. The largest absolute Gasteiger partial charge is 0.273 e. The normalized spacial score (nSPS) is 22.1. The first-order valence-corrected chi connectivity index (χ1v) is 10.5. The highest BCUT2D eigenvalue weighted by Gasteiger charge is 2.75. The second-order valence-electron chi connectivity index (χ2n) is 6.91. The molecule has 0 aromatic heterocycles. The lowest BCUT2D eigenvalue weighted by Crippen LogP contribution is -2.26. The lowest BCUT2D eigenvalue weighted by atomic mass is 9.85. The lowest BCUT2D eigenvalue weighted by Gasteiger charge is -2.25. The van der Waals surface area contributed by atoms with Crippen LogP contribution in [0.15, 0.2) is 96.1 Å². The van der Waals surface area contributed by atoms with Gasteiger partial charge >= 0.3 is 0 Å². The first-order valence-electron chi connectivity index (χ1n) is 9.09. The molecule has 2 unspecified atom stereocenters. The summed E-state index contributed by atoms with van der Waals surface area (Å²) in [6, 6.07) is 31.5. The van der Waals surface area contributed by atoms with Crippen molar-refractivity contribution in [3.63, 3.8) is 0 Å². The average molecular weight is 370 g/mol. The van der Waals surface area contributed by atoms with Gasteiger partial charge in [-0.25, -0.2) is 4.78 Å². The first kappa shape index (κ1) is 16.4. The van der Waals surface area contributed by atoms with E-state index >= 15 is 0 Å². The van der Waals surface area contributed by atoms with Gasteiger partial charge in [-0.2, -0.15) is 5.10 Å². The van der Waals surface area contributed by atoms with Crippen LogP contribution in [0.4, 0.5) is 0 Å². The van der Waals surface area contributed by atoms with Crippen LogP contribution in [0.5, 0.6) is 0 Å². The molecular weight excluding hydrogens is 351 g/mol. The molecular formula is C23H19N2OP. The molecule has 27 heavy (non-hydrogen) atoms. The smallest absolute Gasteiger partial charge is 0.242 e. The maximum absolute atomic E-state index is 12.4. The Balaban J connectivity index is 1.73. The highest BCUT2D eigenvalue weighted by molar-refractivity contribution is 7.68. The lowest BCUT2D eigenvalue weighted by molar-refractivity contribution is -0.124. The second kappa shape index (κ2) is 6.14. The third-order valence-electron chi connectivity index (χ3n) is 5.38. The Morgan fingerprint density at radius 3 is 1.81 bits per heavy atom. The molecule has 1 amide bonds. The summed E-state index contributed by atoms with van der Waals surface area (Å²) >= 11 is 0. The van der Waals surface area contributed by atoms with Crippen LogP contribution in [0.1, 0.15) is 23.6 Å². The fraction of sp³-hybridized carbons (Fsp3) is 0.130. The van der Waals surface area contributed by atoms with Gasteiger partial charge in [-0.15, -0.1) is 0 Å². The number of hydrazone groups is 1. The minimum atomic E-state index is -0.784. The summed E-state index contributed by atoms with van der Waals surface area (Å²) in [5.74, 6) is 0.0192. The van der Waals surface area contributed by atoms with Gasteiger partial charge in [0.2, 0.25) is 5.91 Å². The van der Waals surface area contributed by atoms with Crippen molar-refractivity contribution >= 4 is 19.7 Å². The molecule has 2 aliphatic heterocycles.